The van der Waals surface area contributed by atoms with Crippen molar-refractivity contribution in [2.45, 2.75) is 26.7 Å². The number of nitrogens with one attached hydrogen (secondary N) is 3. The topological polar surface area (TPSA) is 39.3 Å². The zero-order chi connectivity index (χ0) is 16.4. The van der Waals surface area contributed by atoms with E-state index in [4.69, 9.17) is 11.6 Å². The minimum absolute atomic E-state index is 0.899. The average molecular weight is 325 g/mol. The number of hydrogen-bond acceptors (Lipinski definition) is 4. The van der Waals surface area contributed by atoms with Crippen LogP contribution in [0.4, 0.5) is 0 Å². The van der Waals surface area contributed by atoms with Crippen LogP contribution in [-0.2, 0) is 0 Å². The molecule has 0 aromatic carbocycles. The van der Waals surface area contributed by atoms with Crippen LogP contribution >= 0.6 is 11.6 Å². The third-order valence-corrected chi connectivity index (χ3v) is 3.84. The van der Waals surface area contributed by atoms with E-state index >= 15 is 0 Å². The van der Waals surface area contributed by atoms with Crippen molar-refractivity contribution < 1.29 is 0 Å². The van der Waals surface area contributed by atoms with E-state index in [0.717, 1.165) is 43.3 Å². The van der Waals surface area contributed by atoms with Crippen LogP contribution < -0.4 is 16.0 Å². The van der Waals surface area contributed by atoms with Crippen LogP contribution in [0, 0.1) is 0 Å². The number of hydrogen-bond donors (Lipinski definition) is 3. The number of likely N-dealkylation sites (N-methyl/N-ethyl adjacent to an activating group) is 1. The quantitative estimate of drug-likeness (QED) is 0.578. The highest BCUT2D eigenvalue weighted by Gasteiger charge is 2.11. The van der Waals surface area contributed by atoms with Gasteiger partial charge in [-0.2, -0.15) is 0 Å². The predicted octanol–water partition coefficient (Wildman–Crippen LogP) is 2.88. The van der Waals surface area contributed by atoms with Gasteiger partial charge in [-0.3, -0.25) is 0 Å². The molecule has 4 nitrogen and oxygen atoms in total. The van der Waals surface area contributed by atoms with Gasteiger partial charge in [-0.1, -0.05) is 23.3 Å². The molecule has 1 aliphatic rings. The molecular formula is C17H29ClN4. The third kappa shape index (κ3) is 6.16. The summed E-state index contributed by atoms with van der Waals surface area (Å²) in [4.78, 5) is 2.28. The molecule has 0 fully saturated rings. The molecule has 0 bridgehead atoms. The van der Waals surface area contributed by atoms with E-state index in [1.807, 2.05) is 26.4 Å². The van der Waals surface area contributed by atoms with E-state index in [1.54, 1.807) is 0 Å². The Kier molecular flexibility index (Phi) is 8.78. The summed E-state index contributed by atoms with van der Waals surface area (Å²) >= 11 is 6.01. The first-order chi connectivity index (χ1) is 10.6. The monoisotopic (exact) mass is 324 g/mol. The van der Waals surface area contributed by atoms with E-state index in [1.165, 1.54) is 11.3 Å². The van der Waals surface area contributed by atoms with Gasteiger partial charge in [0.15, 0.2) is 0 Å². The zero-order valence-electron chi connectivity index (χ0n) is 14.2. The fourth-order valence-electron chi connectivity index (χ4n) is 2.42. The smallest absolute Gasteiger partial charge is 0.101 e. The number of halogens is 1. The molecule has 0 saturated heterocycles. The first-order valence-electron chi connectivity index (χ1n) is 7.82. The Morgan fingerprint density at radius 1 is 1.32 bits per heavy atom. The summed E-state index contributed by atoms with van der Waals surface area (Å²) in [5, 5.41) is 10.8. The second kappa shape index (κ2) is 10.4. The average Bonchev–Trinajstić information content (AvgIpc) is 2.91. The summed E-state index contributed by atoms with van der Waals surface area (Å²) in [6.07, 6.45) is 10.2. The highest BCUT2D eigenvalue weighted by Crippen LogP contribution is 2.23. The van der Waals surface area contributed by atoms with Gasteiger partial charge in [-0.15, -0.1) is 0 Å². The maximum absolute atomic E-state index is 6.01. The first-order valence-corrected chi connectivity index (χ1v) is 8.20. The number of nitrogens with zero attached hydrogens (tertiary/aromatic N) is 1. The number of allylic oxidation sites excluding steroid dienone is 5. The van der Waals surface area contributed by atoms with Gasteiger partial charge in [0.25, 0.3) is 0 Å². The minimum Gasteiger partial charge on any atom is -0.393 e. The van der Waals surface area contributed by atoms with Gasteiger partial charge in [-0.25, -0.2) is 0 Å². The molecule has 0 aromatic heterocycles. The van der Waals surface area contributed by atoms with E-state index in [9.17, 15) is 0 Å². The van der Waals surface area contributed by atoms with Gasteiger partial charge in [-0.05, 0) is 39.5 Å². The molecule has 5 heteroatoms. The van der Waals surface area contributed by atoms with Crippen LogP contribution in [-0.4, -0.2) is 38.6 Å². The predicted molar refractivity (Wildman–Crippen MR) is 96.5 cm³/mol. The van der Waals surface area contributed by atoms with Gasteiger partial charge in [0.2, 0.25) is 0 Å². The molecule has 0 spiro atoms. The molecule has 0 saturated carbocycles. The summed E-state index contributed by atoms with van der Waals surface area (Å²) in [6, 6.07) is 0. The van der Waals surface area contributed by atoms with Crippen LogP contribution in [0.2, 0.25) is 0 Å². The van der Waals surface area contributed by atoms with Crippen LogP contribution in [0.25, 0.3) is 0 Å². The van der Waals surface area contributed by atoms with Crippen LogP contribution in [0.15, 0.2) is 46.6 Å². The second-order valence-electron chi connectivity index (χ2n) is 5.30. The van der Waals surface area contributed by atoms with Gasteiger partial charge in [0, 0.05) is 50.0 Å². The van der Waals surface area contributed by atoms with Crippen molar-refractivity contribution >= 4 is 11.6 Å². The molecule has 0 aromatic rings. The van der Waals surface area contributed by atoms with Crippen molar-refractivity contribution in [3.05, 3.63) is 46.6 Å². The standard InChI is InChI=1S/C17H29ClN4/c1-5-17(21-9-8-15-6-7-16(18)12-15)22(11-10-19-3)14(2)13-20-4/h5-7,13,19-21H,8-12H2,1-4H3/b14-13+,17-5-. The Balaban J connectivity index is 2.56. The Labute approximate surface area is 140 Å². The fraction of sp³-hybridized carbons (Fsp3) is 0.529. The minimum atomic E-state index is 0.899. The summed E-state index contributed by atoms with van der Waals surface area (Å²) < 4.78 is 0. The van der Waals surface area contributed by atoms with Gasteiger partial charge < -0.3 is 20.9 Å². The van der Waals surface area contributed by atoms with Crippen molar-refractivity contribution in [2.75, 3.05) is 33.7 Å². The Morgan fingerprint density at radius 3 is 2.64 bits per heavy atom. The maximum Gasteiger partial charge on any atom is 0.101 e. The molecule has 0 amide bonds. The van der Waals surface area contributed by atoms with Gasteiger partial charge >= 0.3 is 0 Å². The highest BCUT2D eigenvalue weighted by atomic mass is 35.5. The highest BCUT2D eigenvalue weighted by molar-refractivity contribution is 6.30. The fourth-order valence-corrected chi connectivity index (χ4v) is 2.65. The molecule has 124 valence electrons. The van der Waals surface area contributed by atoms with Crippen LogP contribution in [0.3, 0.4) is 0 Å². The lowest BCUT2D eigenvalue weighted by molar-refractivity contribution is 0.389. The Hall–Kier alpha value is -1.39. The number of rotatable bonds is 10. The molecule has 0 aliphatic heterocycles. The molecule has 0 atom stereocenters. The van der Waals surface area contributed by atoms with Crippen molar-refractivity contribution in [1.29, 1.82) is 0 Å². The van der Waals surface area contributed by atoms with Gasteiger partial charge in [0.1, 0.15) is 5.82 Å². The van der Waals surface area contributed by atoms with Crippen molar-refractivity contribution in [1.82, 2.24) is 20.9 Å². The third-order valence-electron chi connectivity index (χ3n) is 3.58. The van der Waals surface area contributed by atoms with Gasteiger partial charge in [0.05, 0.1) is 0 Å². The largest absolute Gasteiger partial charge is 0.393 e. The summed E-state index contributed by atoms with van der Waals surface area (Å²) in [6.45, 7) is 6.93. The summed E-state index contributed by atoms with van der Waals surface area (Å²) in [5.41, 5.74) is 2.57. The lowest BCUT2D eigenvalue weighted by Gasteiger charge is -2.29. The van der Waals surface area contributed by atoms with Crippen LogP contribution in [0.1, 0.15) is 26.7 Å². The molecular weight excluding hydrogens is 296 g/mol. The maximum atomic E-state index is 6.01. The van der Waals surface area contributed by atoms with E-state index < -0.39 is 0 Å². The second-order valence-corrected chi connectivity index (χ2v) is 5.78. The lowest BCUT2D eigenvalue weighted by atomic mass is 10.1. The van der Waals surface area contributed by atoms with Crippen molar-refractivity contribution in [2.24, 2.45) is 0 Å². The van der Waals surface area contributed by atoms with Crippen molar-refractivity contribution in [3.63, 3.8) is 0 Å². The van der Waals surface area contributed by atoms with E-state index in [2.05, 4.69) is 46.8 Å². The zero-order valence-corrected chi connectivity index (χ0v) is 14.9. The molecule has 0 heterocycles. The SMILES string of the molecule is C/C=C(/NCCC1=CC=C(Cl)C1)N(CCNC)/C(C)=C/NC. The first kappa shape index (κ1) is 18.7. The van der Waals surface area contributed by atoms with E-state index in [0.29, 0.717) is 0 Å². The molecule has 22 heavy (non-hydrogen) atoms. The normalized spacial score (nSPS) is 15.5. The Morgan fingerprint density at radius 2 is 2.09 bits per heavy atom. The summed E-state index contributed by atoms with van der Waals surface area (Å²) in [5.74, 6) is 1.14. The van der Waals surface area contributed by atoms with Crippen molar-refractivity contribution in [3.8, 4) is 0 Å². The van der Waals surface area contributed by atoms with Crippen LogP contribution in [0.5, 0.6) is 0 Å². The molecule has 0 radical (unpaired) electrons. The molecule has 1 rings (SSSR count). The summed E-state index contributed by atoms with van der Waals surface area (Å²) in [7, 11) is 3.90. The lowest BCUT2D eigenvalue weighted by Crippen LogP contribution is -2.35. The molecule has 0 unspecified atom stereocenters. The molecule has 3 N–H and O–H groups in total. The Bertz CT molecular complexity index is 463. The van der Waals surface area contributed by atoms with E-state index in [-0.39, 0.29) is 0 Å². The molecule has 1 aliphatic carbocycles.